The Hall–Kier alpha value is -3.10. The van der Waals surface area contributed by atoms with Gasteiger partial charge in [0.05, 0.1) is 11.5 Å². The molecule has 0 fully saturated rings. The summed E-state index contributed by atoms with van der Waals surface area (Å²) in [5.74, 6) is -1.11. The van der Waals surface area contributed by atoms with Crippen LogP contribution in [0.5, 0.6) is 0 Å². The van der Waals surface area contributed by atoms with Gasteiger partial charge in [0.25, 0.3) is 5.56 Å². The van der Waals surface area contributed by atoms with Crippen molar-refractivity contribution in [2.24, 2.45) is 0 Å². The van der Waals surface area contributed by atoms with Crippen LogP contribution in [0.1, 0.15) is 23.5 Å². The van der Waals surface area contributed by atoms with Crippen molar-refractivity contribution in [3.8, 4) is 0 Å². The number of aromatic amines is 1. The fourth-order valence-corrected chi connectivity index (χ4v) is 4.30. The van der Waals surface area contributed by atoms with E-state index in [1.54, 1.807) is 30.3 Å². The third-order valence-corrected chi connectivity index (χ3v) is 5.90. The number of rotatable bonds is 5. The van der Waals surface area contributed by atoms with Crippen LogP contribution in [0.2, 0.25) is 5.02 Å². The zero-order valence-electron chi connectivity index (χ0n) is 15.6. The Morgan fingerprint density at radius 2 is 1.87 bits per heavy atom. The summed E-state index contributed by atoms with van der Waals surface area (Å²) < 4.78 is 0. The number of hydrogen-bond acceptors (Lipinski definition) is 5. The van der Waals surface area contributed by atoms with Crippen molar-refractivity contribution < 1.29 is 9.59 Å². The monoisotopic (exact) mass is 440 g/mol. The molecule has 0 bridgehead atoms. The minimum atomic E-state index is -0.923. The highest BCUT2D eigenvalue weighted by atomic mass is 35.5. The van der Waals surface area contributed by atoms with Crippen LogP contribution >= 0.6 is 23.4 Å². The molecule has 0 saturated heterocycles. The number of carbonyl (C=O) groups excluding carboxylic acids is 2. The topological polar surface area (TPSA) is 104 Å². The van der Waals surface area contributed by atoms with E-state index in [1.165, 1.54) is 11.8 Å². The molecule has 1 aliphatic rings. The first-order valence-electron chi connectivity index (χ1n) is 9.17. The van der Waals surface area contributed by atoms with Gasteiger partial charge in [0, 0.05) is 22.9 Å². The first-order valence-corrected chi connectivity index (χ1v) is 10.5. The largest absolute Gasteiger partial charge is 0.326 e. The number of amides is 2. The Morgan fingerprint density at radius 3 is 2.63 bits per heavy atom. The van der Waals surface area contributed by atoms with Gasteiger partial charge < -0.3 is 15.6 Å². The minimum absolute atomic E-state index is 0.116. The standard InChI is InChI=1S/C21H17ClN4O3S/c22-15-9-5-4-6-12(15)11-30-21-25-18-17(20(29)26-21)14(10-16(27)24-18)19(28)23-13-7-2-1-3-8-13/h1-9,14H,10-11H2,(H,23,28)(H2,24,25,26,27,29)/t14-/m0/s1. The van der Waals surface area contributed by atoms with Crippen LogP contribution in [-0.2, 0) is 15.3 Å². The highest BCUT2D eigenvalue weighted by Gasteiger charge is 2.34. The van der Waals surface area contributed by atoms with E-state index >= 15 is 0 Å². The van der Waals surface area contributed by atoms with Gasteiger partial charge >= 0.3 is 0 Å². The molecule has 3 aromatic rings. The Labute approximate surface area is 181 Å². The van der Waals surface area contributed by atoms with Crippen LogP contribution in [0, 0.1) is 0 Å². The van der Waals surface area contributed by atoms with Crippen LogP contribution < -0.4 is 16.2 Å². The molecule has 7 nitrogen and oxygen atoms in total. The zero-order chi connectivity index (χ0) is 21.1. The van der Waals surface area contributed by atoms with Crippen molar-refractivity contribution in [2.75, 3.05) is 10.6 Å². The molecule has 2 heterocycles. The van der Waals surface area contributed by atoms with Crippen molar-refractivity contribution in [2.45, 2.75) is 23.2 Å². The van der Waals surface area contributed by atoms with E-state index in [1.807, 2.05) is 24.3 Å². The fraction of sp³-hybridized carbons (Fsp3) is 0.143. The normalized spacial score (nSPS) is 15.2. The fourth-order valence-electron chi connectivity index (χ4n) is 3.16. The predicted molar refractivity (Wildman–Crippen MR) is 117 cm³/mol. The van der Waals surface area contributed by atoms with E-state index in [9.17, 15) is 14.4 Å². The number of H-pyrrole nitrogens is 1. The van der Waals surface area contributed by atoms with Gasteiger partial charge in [-0.1, -0.05) is 59.8 Å². The highest BCUT2D eigenvalue weighted by molar-refractivity contribution is 7.98. The van der Waals surface area contributed by atoms with Crippen molar-refractivity contribution in [3.05, 3.63) is 81.1 Å². The molecule has 1 aromatic heterocycles. The summed E-state index contributed by atoms with van der Waals surface area (Å²) in [6.07, 6.45) is -0.122. The third kappa shape index (κ3) is 4.39. The van der Waals surface area contributed by atoms with Crippen molar-refractivity contribution in [1.29, 1.82) is 0 Å². The number of hydrogen-bond donors (Lipinski definition) is 3. The lowest BCUT2D eigenvalue weighted by atomic mass is 9.92. The Bertz CT molecular complexity index is 1170. The van der Waals surface area contributed by atoms with Gasteiger partial charge in [0.15, 0.2) is 5.16 Å². The average Bonchev–Trinajstić information content (AvgIpc) is 2.73. The lowest BCUT2D eigenvalue weighted by molar-refractivity contribution is -0.123. The van der Waals surface area contributed by atoms with E-state index < -0.39 is 17.4 Å². The first kappa shape index (κ1) is 20.2. The summed E-state index contributed by atoms with van der Waals surface area (Å²) in [7, 11) is 0. The maximum absolute atomic E-state index is 12.8. The molecule has 3 N–H and O–H groups in total. The number of halogens is 1. The Morgan fingerprint density at radius 1 is 1.13 bits per heavy atom. The molecule has 152 valence electrons. The lowest BCUT2D eigenvalue weighted by Gasteiger charge is -2.23. The number of benzene rings is 2. The maximum atomic E-state index is 12.8. The average molecular weight is 441 g/mol. The van der Waals surface area contributed by atoms with Gasteiger partial charge in [0.1, 0.15) is 5.82 Å². The Balaban J connectivity index is 1.59. The molecule has 0 unspecified atom stereocenters. The van der Waals surface area contributed by atoms with Crippen LogP contribution in [0.3, 0.4) is 0 Å². The van der Waals surface area contributed by atoms with E-state index in [4.69, 9.17) is 11.6 Å². The van der Waals surface area contributed by atoms with E-state index in [2.05, 4.69) is 20.6 Å². The summed E-state index contributed by atoms with van der Waals surface area (Å²) in [6.45, 7) is 0. The quantitative estimate of drug-likeness (QED) is 0.413. The second-order valence-electron chi connectivity index (χ2n) is 6.67. The molecule has 1 aliphatic heterocycles. The second kappa shape index (κ2) is 8.73. The van der Waals surface area contributed by atoms with Crippen LogP contribution in [0.25, 0.3) is 0 Å². The number of para-hydroxylation sites is 1. The number of anilines is 2. The van der Waals surface area contributed by atoms with Gasteiger partial charge in [-0.05, 0) is 23.8 Å². The molecule has 0 saturated carbocycles. The van der Waals surface area contributed by atoms with Crippen molar-refractivity contribution in [1.82, 2.24) is 9.97 Å². The summed E-state index contributed by atoms with van der Waals surface area (Å²) in [5, 5.41) is 6.32. The molecule has 1 atom stereocenters. The third-order valence-electron chi connectivity index (χ3n) is 4.61. The molecule has 0 spiro atoms. The van der Waals surface area contributed by atoms with Gasteiger partial charge in [-0.15, -0.1) is 0 Å². The number of nitrogens with one attached hydrogen (secondary N) is 3. The maximum Gasteiger partial charge on any atom is 0.257 e. The highest BCUT2D eigenvalue weighted by Crippen LogP contribution is 2.31. The molecule has 4 rings (SSSR count). The molecular weight excluding hydrogens is 424 g/mol. The molecule has 2 amide bonds. The molecular formula is C21H17ClN4O3S. The molecule has 2 aromatic carbocycles. The number of thioether (sulfide) groups is 1. The summed E-state index contributed by atoms with van der Waals surface area (Å²) in [5.41, 5.74) is 1.19. The second-order valence-corrected chi connectivity index (χ2v) is 8.04. The molecule has 30 heavy (non-hydrogen) atoms. The first-order chi connectivity index (χ1) is 14.5. The lowest BCUT2D eigenvalue weighted by Crippen LogP contribution is -2.36. The minimum Gasteiger partial charge on any atom is -0.326 e. The van der Waals surface area contributed by atoms with Gasteiger partial charge in [-0.25, -0.2) is 4.98 Å². The van der Waals surface area contributed by atoms with E-state index in [0.717, 1.165) is 5.56 Å². The number of carbonyl (C=O) groups is 2. The van der Waals surface area contributed by atoms with Gasteiger partial charge in [-0.2, -0.15) is 0 Å². The van der Waals surface area contributed by atoms with Crippen LogP contribution in [0.4, 0.5) is 11.5 Å². The molecule has 0 radical (unpaired) electrons. The van der Waals surface area contributed by atoms with E-state index in [0.29, 0.717) is 21.6 Å². The zero-order valence-corrected chi connectivity index (χ0v) is 17.2. The van der Waals surface area contributed by atoms with E-state index in [-0.39, 0.29) is 23.7 Å². The molecule has 9 heteroatoms. The van der Waals surface area contributed by atoms with Crippen LogP contribution in [0.15, 0.2) is 64.5 Å². The van der Waals surface area contributed by atoms with Gasteiger partial charge in [0.2, 0.25) is 11.8 Å². The number of aromatic nitrogens is 2. The summed E-state index contributed by atoms with van der Waals surface area (Å²) in [4.78, 5) is 44.8. The summed E-state index contributed by atoms with van der Waals surface area (Å²) >= 11 is 7.45. The number of fused-ring (bicyclic) bond motifs is 1. The van der Waals surface area contributed by atoms with Gasteiger partial charge in [-0.3, -0.25) is 14.4 Å². The SMILES string of the molecule is O=C1C[C@H](C(=O)Nc2ccccc2)c2c(nc(SCc3ccccc3Cl)[nH]c2=O)N1. The van der Waals surface area contributed by atoms with Crippen molar-refractivity contribution >= 4 is 46.7 Å². The van der Waals surface area contributed by atoms with Crippen LogP contribution in [-0.4, -0.2) is 21.8 Å². The predicted octanol–water partition coefficient (Wildman–Crippen LogP) is 3.78. The Kier molecular flexibility index (Phi) is 5.87. The summed E-state index contributed by atoms with van der Waals surface area (Å²) in [6, 6.07) is 16.3. The smallest absolute Gasteiger partial charge is 0.257 e. The number of nitrogens with zero attached hydrogens (tertiary/aromatic N) is 1. The molecule has 0 aliphatic carbocycles. The van der Waals surface area contributed by atoms with Crippen molar-refractivity contribution in [3.63, 3.8) is 0 Å².